The number of phenols is 1. The highest BCUT2D eigenvalue weighted by Gasteiger charge is 2.15. The molecule has 0 aromatic heterocycles. The van der Waals surface area contributed by atoms with Gasteiger partial charge in [-0.25, -0.2) is 0 Å². The fourth-order valence-electron chi connectivity index (χ4n) is 2.10. The van der Waals surface area contributed by atoms with Gasteiger partial charge in [-0.15, -0.1) is 5.11 Å². The van der Waals surface area contributed by atoms with Crippen molar-refractivity contribution in [3.05, 3.63) is 41.0 Å². The van der Waals surface area contributed by atoms with Gasteiger partial charge in [-0.05, 0) is 49.6 Å². The number of rotatable bonds is 3. The van der Waals surface area contributed by atoms with Gasteiger partial charge in [0.1, 0.15) is 11.4 Å². The predicted octanol–water partition coefficient (Wildman–Crippen LogP) is 3.56. The first-order valence-corrected chi connectivity index (χ1v) is 8.13. The average molecular weight is 335 g/mol. The lowest BCUT2D eigenvalue weighted by atomic mass is 10.1. The quantitative estimate of drug-likeness (QED) is 0.449. The normalized spacial score (nSPS) is 12.0. The molecule has 23 heavy (non-hydrogen) atoms. The molecule has 0 fully saturated rings. The van der Waals surface area contributed by atoms with E-state index in [-0.39, 0.29) is 16.3 Å². The van der Waals surface area contributed by atoms with Gasteiger partial charge in [0.05, 0.1) is 16.3 Å². The maximum Gasteiger partial charge on any atom is 0.294 e. The van der Waals surface area contributed by atoms with Crippen molar-refractivity contribution in [2.45, 2.75) is 25.7 Å². The Balaban J connectivity index is 2.50. The van der Waals surface area contributed by atoms with Crippen LogP contribution in [0.2, 0.25) is 0 Å². The molecule has 0 unspecified atom stereocenters. The number of nitrogens with zero attached hydrogens (tertiary/aromatic N) is 2. The number of hydrogen-bond donors (Lipinski definition) is 3. The number of phenolic OH excluding ortho intramolecular Hbond substituents is 1. The van der Waals surface area contributed by atoms with E-state index in [0.717, 1.165) is 0 Å². The fourth-order valence-corrected chi connectivity index (χ4v) is 2.83. The molecule has 0 heterocycles. The number of nitrogen functional groups attached to an aromatic ring is 1. The van der Waals surface area contributed by atoms with Gasteiger partial charge in [-0.1, -0.05) is 6.07 Å². The summed E-state index contributed by atoms with van der Waals surface area (Å²) in [6.45, 7) is 5.03. The van der Waals surface area contributed by atoms with Crippen LogP contribution in [0, 0.1) is 20.8 Å². The third kappa shape index (κ3) is 3.66. The molecule has 0 amide bonds. The van der Waals surface area contributed by atoms with E-state index in [0.29, 0.717) is 28.1 Å². The number of aromatic hydroxyl groups is 1. The second-order valence-corrected chi connectivity index (χ2v) is 6.67. The molecule has 0 atom stereocenters. The molecule has 0 saturated carbocycles. The molecule has 0 spiro atoms. The zero-order valence-electron chi connectivity index (χ0n) is 12.9. The summed E-state index contributed by atoms with van der Waals surface area (Å²) in [7, 11) is -4.34. The second kappa shape index (κ2) is 5.98. The average Bonchev–Trinajstić information content (AvgIpc) is 2.41. The van der Waals surface area contributed by atoms with Crippen LogP contribution in [-0.2, 0) is 10.1 Å². The van der Waals surface area contributed by atoms with Crippen molar-refractivity contribution in [3.63, 3.8) is 0 Å². The third-order valence-electron chi connectivity index (χ3n) is 3.38. The molecule has 0 saturated heterocycles. The van der Waals surface area contributed by atoms with Gasteiger partial charge in [-0.3, -0.25) is 4.55 Å². The Bertz CT molecular complexity index is 905. The lowest BCUT2D eigenvalue weighted by Crippen LogP contribution is -2.01. The molecular weight excluding hydrogens is 318 g/mol. The van der Waals surface area contributed by atoms with E-state index >= 15 is 0 Å². The van der Waals surface area contributed by atoms with E-state index in [1.165, 1.54) is 12.1 Å². The summed E-state index contributed by atoms with van der Waals surface area (Å²) >= 11 is 0. The van der Waals surface area contributed by atoms with Crippen molar-refractivity contribution >= 4 is 27.2 Å². The van der Waals surface area contributed by atoms with Crippen molar-refractivity contribution in [1.82, 2.24) is 0 Å². The summed E-state index contributed by atoms with van der Waals surface area (Å²) < 4.78 is 32.0. The Hall–Kier alpha value is -2.45. The van der Waals surface area contributed by atoms with E-state index in [9.17, 15) is 18.1 Å². The van der Waals surface area contributed by atoms with E-state index in [1.54, 1.807) is 32.9 Å². The van der Waals surface area contributed by atoms with Gasteiger partial charge in [0.15, 0.2) is 0 Å². The van der Waals surface area contributed by atoms with Crippen LogP contribution < -0.4 is 5.73 Å². The lowest BCUT2D eigenvalue weighted by Gasteiger charge is -2.07. The molecule has 0 aliphatic rings. The summed E-state index contributed by atoms with van der Waals surface area (Å²) in [5, 5.41) is 17.6. The zero-order valence-corrected chi connectivity index (χ0v) is 13.7. The highest BCUT2D eigenvalue weighted by atomic mass is 32.2. The largest absolute Gasteiger partial charge is 0.508 e. The lowest BCUT2D eigenvalue weighted by molar-refractivity contribution is 0.471. The minimum atomic E-state index is -4.34. The summed E-state index contributed by atoms with van der Waals surface area (Å²) in [4.78, 5) is -0.216. The number of benzene rings is 2. The van der Waals surface area contributed by atoms with Crippen LogP contribution in [0.25, 0.3) is 0 Å². The maximum absolute atomic E-state index is 11.4. The number of nitrogens with two attached hydrogens (primary N) is 1. The molecule has 2 aromatic rings. The van der Waals surface area contributed by atoms with Crippen LogP contribution in [0.15, 0.2) is 39.4 Å². The van der Waals surface area contributed by atoms with E-state index < -0.39 is 10.1 Å². The van der Waals surface area contributed by atoms with Crippen LogP contribution in [0.1, 0.15) is 16.7 Å². The SMILES string of the molecule is Cc1cc(/N=N/c2cc(S(=O)(=O)O)c(C)cc2C)c(N)cc1O. The van der Waals surface area contributed by atoms with Crippen LogP contribution >= 0.6 is 0 Å². The van der Waals surface area contributed by atoms with Crippen LogP contribution in [0.3, 0.4) is 0 Å². The summed E-state index contributed by atoms with van der Waals surface area (Å²) in [6, 6.07) is 5.80. The Morgan fingerprint density at radius 1 is 0.913 bits per heavy atom. The Morgan fingerprint density at radius 2 is 1.52 bits per heavy atom. The molecule has 2 rings (SSSR count). The standard InChI is InChI=1S/C15H17N3O4S/c1-8-4-10(3)15(23(20,21)22)7-12(8)17-18-13-5-9(2)14(19)6-11(13)16/h4-7,19H,16H2,1-3H3,(H,20,21,22)/b18-17+. The van der Waals surface area contributed by atoms with E-state index in [2.05, 4.69) is 10.2 Å². The first kappa shape index (κ1) is 16.9. The molecule has 122 valence electrons. The molecule has 0 radical (unpaired) electrons. The van der Waals surface area contributed by atoms with Gasteiger partial charge >= 0.3 is 0 Å². The van der Waals surface area contributed by atoms with Gasteiger partial charge in [0.25, 0.3) is 10.1 Å². The van der Waals surface area contributed by atoms with E-state index in [1.807, 2.05) is 0 Å². The molecule has 8 heteroatoms. The van der Waals surface area contributed by atoms with Crippen LogP contribution in [0.5, 0.6) is 5.75 Å². The molecule has 0 aliphatic heterocycles. The van der Waals surface area contributed by atoms with Gasteiger partial charge < -0.3 is 10.8 Å². The molecule has 0 bridgehead atoms. The van der Waals surface area contributed by atoms with E-state index in [4.69, 9.17) is 5.73 Å². The summed E-state index contributed by atoms with van der Waals surface area (Å²) in [5.74, 6) is 0.0571. The number of azo groups is 1. The van der Waals surface area contributed by atoms with Crippen molar-refractivity contribution in [2.75, 3.05) is 5.73 Å². The molecule has 0 aliphatic carbocycles. The number of aryl methyl sites for hydroxylation is 3. The predicted molar refractivity (Wildman–Crippen MR) is 87.2 cm³/mol. The van der Waals surface area contributed by atoms with Crippen LogP contribution in [0.4, 0.5) is 17.1 Å². The number of anilines is 1. The van der Waals surface area contributed by atoms with Crippen LogP contribution in [-0.4, -0.2) is 18.1 Å². The first-order valence-electron chi connectivity index (χ1n) is 6.69. The van der Waals surface area contributed by atoms with Crippen molar-refractivity contribution < 1.29 is 18.1 Å². The summed E-state index contributed by atoms with van der Waals surface area (Å²) in [5.41, 5.74) is 8.38. The van der Waals surface area contributed by atoms with Gasteiger partial charge in [-0.2, -0.15) is 13.5 Å². The molecule has 4 N–H and O–H groups in total. The van der Waals surface area contributed by atoms with Gasteiger partial charge in [0.2, 0.25) is 0 Å². The Morgan fingerprint density at radius 3 is 2.13 bits per heavy atom. The highest BCUT2D eigenvalue weighted by Crippen LogP contribution is 2.32. The monoisotopic (exact) mass is 335 g/mol. The Labute approximate surface area is 134 Å². The first-order chi connectivity index (χ1) is 10.6. The minimum Gasteiger partial charge on any atom is -0.508 e. The summed E-state index contributed by atoms with van der Waals surface area (Å²) in [6.07, 6.45) is 0. The van der Waals surface area contributed by atoms with Gasteiger partial charge in [0, 0.05) is 6.07 Å². The number of hydrogen-bond acceptors (Lipinski definition) is 6. The molecular formula is C15H17N3O4S. The zero-order chi connectivity index (χ0) is 17.4. The Kier molecular flexibility index (Phi) is 4.39. The molecule has 2 aromatic carbocycles. The van der Waals surface area contributed by atoms with Crippen molar-refractivity contribution in [1.29, 1.82) is 0 Å². The second-order valence-electron chi connectivity index (χ2n) is 5.28. The smallest absolute Gasteiger partial charge is 0.294 e. The fraction of sp³-hybridized carbons (Fsp3) is 0.200. The van der Waals surface area contributed by atoms with Crippen molar-refractivity contribution in [3.8, 4) is 5.75 Å². The highest BCUT2D eigenvalue weighted by molar-refractivity contribution is 7.85. The topological polar surface area (TPSA) is 125 Å². The van der Waals surface area contributed by atoms with Crippen molar-refractivity contribution in [2.24, 2.45) is 10.2 Å². The minimum absolute atomic E-state index is 0.0571. The third-order valence-corrected chi connectivity index (χ3v) is 4.38. The molecule has 7 nitrogen and oxygen atoms in total. The maximum atomic E-state index is 11.4.